The zero-order valence-electron chi connectivity index (χ0n) is 14.4. The molecule has 4 nitrogen and oxygen atoms in total. The molecular formula is C22H20O4. The lowest BCUT2D eigenvalue weighted by Gasteiger charge is -2.11. The van der Waals surface area contributed by atoms with Gasteiger partial charge in [-0.05, 0) is 17.7 Å². The molecule has 0 saturated heterocycles. The minimum absolute atomic E-state index is 0.0891. The van der Waals surface area contributed by atoms with E-state index in [9.17, 15) is 9.59 Å². The molecule has 2 rings (SSSR count). The van der Waals surface area contributed by atoms with Crippen LogP contribution in [0.4, 0.5) is 0 Å². The van der Waals surface area contributed by atoms with E-state index in [4.69, 9.17) is 9.47 Å². The molecule has 0 unspecified atom stereocenters. The van der Waals surface area contributed by atoms with Crippen molar-refractivity contribution in [3.05, 3.63) is 96.1 Å². The van der Waals surface area contributed by atoms with Crippen molar-refractivity contribution in [1.82, 2.24) is 0 Å². The molecule has 0 aliphatic rings. The predicted molar refractivity (Wildman–Crippen MR) is 103 cm³/mol. The molecule has 0 N–H and O–H groups in total. The fraction of sp³-hybridized carbons (Fsp3) is 0.0909. The van der Waals surface area contributed by atoms with Gasteiger partial charge in [-0.1, -0.05) is 73.9 Å². The third kappa shape index (κ3) is 5.05. The highest BCUT2D eigenvalue weighted by atomic mass is 16.5. The van der Waals surface area contributed by atoms with Gasteiger partial charge in [0.25, 0.3) is 0 Å². The summed E-state index contributed by atoms with van der Waals surface area (Å²) in [5, 5.41) is 0. The lowest BCUT2D eigenvalue weighted by atomic mass is 9.99. The van der Waals surface area contributed by atoms with Crippen molar-refractivity contribution in [2.75, 3.05) is 13.2 Å². The molecule has 0 aromatic heterocycles. The third-order valence-corrected chi connectivity index (χ3v) is 3.45. The second-order valence-electron chi connectivity index (χ2n) is 5.29. The van der Waals surface area contributed by atoms with Gasteiger partial charge in [0.1, 0.15) is 13.2 Å². The molecule has 132 valence electrons. The van der Waals surface area contributed by atoms with E-state index in [1.165, 1.54) is 12.2 Å². The highest BCUT2D eigenvalue weighted by Crippen LogP contribution is 2.21. The van der Waals surface area contributed by atoms with E-state index in [-0.39, 0.29) is 24.3 Å². The van der Waals surface area contributed by atoms with Crippen LogP contribution in [0.3, 0.4) is 0 Å². The van der Waals surface area contributed by atoms with Gasteiger partial charge >= 0.3 is 11.9 Å². The first-order valence-corrected chi connectivity index (χ1v) is 8.09. The van der Waals surface area contributed by atoms with Crippen molar-refractivity contribution in [1.29, 1.82) is 0 Å². The lowest BCUT2D eigenvalue weighted by Crippen LogP contribution is -2.12. The standard InChI is InChI=1S/C22H20O4/c1-3-15-25-21(23)19-11-8-12-20(22(24)26-16-4-2)18(19)14-13-17-9-6-5-7-10-17/h3-14H,1-2,15-16H2. The van der Waals surface area contributed by atoms with E-state index in [1.807, 2.05) is 36.4 Å². The van der Waals surface area contributed by atoms with Gasteiger partial charge in [0.15, 0.2) is 0 Å². The Hall–Kier alpha value is -3.40. The van der Waals surface area contributed by atoms with Gasteiger partial charge in [-0.2, -0.15) is 0 Å². The van der Waals surface area contributed by atoms with Gasteiger partial charge < -0.3 is 9.47 Å². The largest absolute Gasteiger partial charge is 0.458 e. The van der Waals surface area contributed by atoms with Crippen LogP contribution in [0.2, 0.25) is 0 Å². The van der Waals surface area contributed by atoms with Crippen molar-refractivity contribution in [3.8, 4) is 0 Å². The van der Waals surface area contributed by atoms with Crippen LogP contribution in [0, 0.1) is 0 Å². The van der Waals surface area contributed by atoms with Crippen LogP contribution in [0.1, 0.15) is 31.8 Å². The molecule has 0 heterocycles. The average molecular weight is 348 g/mol. The SMILES string of the molecule is C=CCOC(=O)c1cccc(C(=O)OCC=C)c1C=Cc1ccccc1. The van der Waals surface area contributed by atoms with E-state index < -0.39 is 11.9 Å². The average Bonchev–Trinajstić information content (AvgIpc) is 2.69. The van der Waals surface area contributed by atoms with E-state index in [0.717, 1.165) is 5.56 Å². The maximum absolute atomic E-state index is 12.4. The molecule has 4 heteroatoms. The van der Waals surface area contributed by atoms with Gasteiger partial charge in [-0.25, -0.2) is 9.59 Å². The van der Waals surface area contributed by atoms with Crippen molar-refractivity contribution in [2.24, 2.45) is 0 Å². The van der Waals surface area contributed by atoms with Crippen LogP contribution in [0.15, 0.2) is 73.8 Å². The Morgan fingerprint density at radius 1 is 0.769 bits per heavy atom. The molecule has 0 saturated carbocycles. The van der Waals surface area contributed by atoms with Gasteiger partial charge in [-0.15, -0.1) is 0 Å². The smallest absolute Gasteiger partial charge is 0.339 e. The molecule has 2 aromatic carbocycles. The topological polar surface area (TPSA) is 52.6 Å². The summed E-state index contributed by atoms with van der Waals surface area (Å²) in [4.78, 5) is 24.7. The molecule has 2 aromatic rings. The molecule has 0 bridgehead atoms. The molecule has 0 aliphatic carbocycles. The van der Waals surface area contributed by atoms with Crippen molar-refractivity contribution < 1.29 is 19.1 Å². The summed E-state index contributed by atoms with van der Waals surface area (Å²) in [6.45, 7) is 7.24. The van der Waals surface area contributed by atoms with Crippen LogP contribution < -0.4 is 0 Å². The Labute approximate surface area is 153 Å². The summed E-state index contributed by atoms with van der Waals surface area (Å²) in [5.74, 6) is -1.06. The van der Waals surface area contributed by atoms with Crippen LogP contribution in [-0.2, 0) is 9.47 Å². The first-order valence-electron chi connectivity index (χ1n) is 8.09. The Balaban J connectivity index is 2.45. The van der Waals surface area contributed by atoms with Gasteiger partial charge in [0.05, 0.1) is 11.1 Å². The third-order valence-electron chi connectivity index (χ3n) is 3.45. The Bertz CT molecular complexity index is 777. The van der Waals surface area contributed by atoms with Crippen molar-refractivity contribution in [2.45, 2.75) is 0 Å². The Morgan fingerprint density at radius 2 is 1.31 bits per heavy atom. The summed E-state index contributed by atoms with van der Waals surface area (Å²) in [7, 11) is 0. The lowest BCUT2D eigenvalue weighted by molar-refractivity contribution is 0.0548. The number of benzene rings is 2. The molecule has 0 aliphatic heterocycles. The van der Waals surface area contributed by atoms with Gasteiger partial charge in [0, 0.05) is 5.56 Å². The number of esters is 2. The normalized spacial score (nSPS) is 10.3. The Kier molecular flexibility index (Phi) is 7.13. The maximum Gasteiger partial charge on any atom is 0.339 e. The number of ether oxygens (including phenoxy) is 2. The number of hydrogen-bond donors (Lipinski definition) is 0. The van der Waals surface area contributed by atoms with Crippen LogP contribution in [-0.4, -0.2) is 25.2 Å². The minimum Gasteiger partial charge on any atom is -0.458 e. The monoisotopic (exact) mass is 348 g/mol. The van der Waals surface area contributed by atoms with Gasteiger partial charge in [-0.3, -0.25) is 0 Å². The van der Waals surface area contributed by atoms with E-state index in [1.54, 1.807) is 24.3 Å². The quantitative estimate of drug-likeness (QED) is 0.399. The first kappa shape index (κ1) is 18.9. The first-order chi connectivity index (χ1) is 12.7. The number of hydrogen-bond acceptors (Lipinski definition) is 4. The zero-order chi connectivity index (χ0) is 18.8. The van der Waals surface area contributed by atoms with Crippen LogP contribution in [0.25, 0.3) is 12.2 Å². The fourth-order valence-corrected chi connectivity index (χ4v) is 2.27. The maximum atomic E-state index is 12.4. The molecule has 0 fully saturated rings. The van der Waals surface area contributed by atoms with E-state index in [2.05, 4.69) is 13.2 Å². The second-order valence-corrected chi connectivity index (χ2v) is 5.29. The minimum atomic E-state index is -0.531. The number of carbonyl (C=O) groups excluding carboxylic acids is 2. The highest BCUT2D eigenvalue weighted by molar-refractivity contribution is 6.02. The summed E-state index contributed by atoms with van der Waals surface area (Å²) in [5.41, 5.74) is 1.95. The van der Waals surface area contributed by atoms with E-state index in [0.29, 0.717) is 5.56 Å². The van der Waals surface area contributed by atoms with E-state index >= 15 is 0 Å². The van der Waals surface area contributed by atoms with Crippen molar-refractivity contribution in [3.63, 3.8) is 0 Å². The highest BCUT2D eigenvalue weighted by Gasteiger charge is 2.19. The molecule has 0 radical (unpaired) electrons. The summed E-state index contributed by atoms with van der Waals surface area (Å²) in [6.07, 6.45) is 6.51. The fourth-order valence-electron chi connectivity index (χ4n) is 2.27. The summed E-state index contributed by atoms with van der Waals surface area (Å²) < 4.78 is 10.3. The molecule has 0 spiro atoms. The number of rotatable bonds is 8. The molecular weight excluding hydrogens is 328 g/mol. The van der Waals surface area contributed by atoms with Crippen LogP contribution >= 0.6 is 0 Å². The molecule has 26 heavy (non-hydrogen) atoms. The summed E-state index contributed by atoms with van der Waals surface area (Å²) >= 11 is 0. The Morgan fingerprint density at radius 3 is 1.81 bits per heavy atom. The molecule has 0 atom stereocenters. The predicted octanol–water partition coefficient (Wildman–Crippen LogP) is 4.54. The summed E-state index contributed by atoms with van der Waals surface area (Å²) in [6, 6.07) is 14.4. The number of carbonyl (C=O) groups is 2. The van der Waals surface area contributed by atoms with Crippen molar-refractivity contribution >= 4 is 24.1 Å². The zero-order valence-corrected chi connectivity index (χ0v) is 14.4. The molecule has 0 amide bonds. The second kappa shape index (κ2) is 9.79. The van der Waals surface area contributed by atoms with Gasteiger partial charge in [0.2, 0.25) is 0 Å². The van der Waals surface area contributed by atoms with Crippen LogP contribution in [0.5, 0.6) is 0 Å².